The van der Waals surface area contributed by atoms with Gasteiger partial charge in [0, 0.05) is 10.9 Å². The van der Waals surface area contributed by atoms with Gasteiger partial charge < -0.3 is 5.73 Å². The van der Waals surface area contributed by atoms with Crippen LogP contribution in [0.3, 0.4) is 0 Å². The number of hydrogen-bond acceptors (Lipinski definition) is 2. The van der Waals surface area contributed by atoms with Crippen LogP contribution in [0.25, 0.3) is 10.8 Å². The Hall–Kier alpha value is -1.15. The van der Waals surface area contributed by atoms with Crippen LogP contribution < -0.4 is 5.73 Å². The van der Waals surface area contributed by atoms with E-state index in [1.807, 2.05) is 17.8 Å². The molecule has 2 N–H and O–H groups in total. The van der Waals surface area contributed by atoms with E-state index in [4.69, 9.17) is 5.73 Å². The minimum absolute atomic E-state index is 0.485. The van der Waals surface area contributed by atoms with Gasteiger partial charge in [0.1, 0.15) is 0 Å². The largest absolute Gasteiger partial charge is 0.399 e. The van der Waals surface area contributed by atoms with Gasteiger partial charge in [-0.15, -0.1) is 0 Å². The molecule has 0 heterocycles. The van der Waals surface area contributed by atoms with E-state index in [1.165, 1.54) is 16.3 Å². The van der Waals surface area contributed by atoms with Gasteiger partial charge in [-0.2, -0.15) is 11.8 Å². The molecule has 1 nitrogen and oxygen atoms in total. The first kappa shape index (κ1) is 10.4. The van der Waals surface area contributed by atoms with Gasteiger partial charge >= 0.3 is 0 Å². The first-order valence-electron chi connectivity index (χ1n) is 5.03. The summed E-state index contributed by atoms with van der Waals surface area (Å²) in [6.07, 6.45) is 2.13. The fourth-order valence-electron chi connectivity index (χ4n) is 1.83. The van der Waals surface area contributed by atoms with Gasteiger partial charge in [0.05, 0.1) is 0 Å². The highest BCUT2D eigenvalue weighted by Gasteiger charge is 2.08. The standard InChI is InChI=1S/C13H15NS/c1-9(15-2)13-8-11(14)7-10-5-3-4-6-12(10)13/h3-9H,14H2,1-2H3. The molecule has 1 atom stereocenters. The Morgan fingerprint density at radius 2 is 1.93 bits per heavy atom. The quantitative estimate of drug-likeness (QED) is 0.773. The molecule has 0 aromatic heterocycles. The van der Waals surface area contributed by atoms with Crippen molar-refractivity contribution in [3.05, 3.63) is 42.0 Å². The lowest BCUT2D eigenvalue weighted by Crippen LogP contribution is -1.93. The molecule has 0 saturated carbocycles. The van der Waals surface area contributed by atoms with Gasteiger partial charge in [0.2, 0.25) is 0 Å². The first-order valence-corrected chi connectivity index (χ1v) is 6.32. The molecule has 78 valence electrons. The summed E-state index contributed by atoms with van der Waals surface area (Å²) in [5.41, 5.74) is 8.09. The van der Waals surface area contributed by atoms with Crippen LogP contribution in [0, 0.1) is 0 Å². The summed E-state index contributed by atoms with van der Waals surface area (Å²) < 4.78 is 0. The molecular weight excluding hydrogens is 202 g/mol. The zero-order valence-electron chi connectivity index (χ0n) is 9.03. The molecule has 0 fully saturated rings. The van der Waals surface area contributed by atoms with Crippen molar-refractivity contribution in [1.29, 1.82) is 0 Å². The lowest BCUT2D eigenvalue weighted by Gasteiger charge is -2.13. The van der Waals surface area contributed by atoms with E-state index in [0.29, 0.717) is 5.25 Å². The van der Waals surface area contributed by atoms with Gasteiger partial charge in [0.15, 0.2) is 0 Å². The van der Waals surface area contributed by atoms with Gasteiger partial charge in [-0.25, -0.2) is 0 Å². The number of fused-ring (bicyclic) bond motifs is 1. The third-order valence-corrected chi connectivity index (χ3v) is 3.67. The lowest BCUT2D eigenvalue weighted by atomic mass is 10.0. The molecule has 0 aliphatic heterocycles. The van der Waals surface area contributed by atoms with Crippen molar-refractivity contribution in [3.8, 4) is 0 Å². The number of nitrogen functional groups attached to an aromatic ring is 1. The molecule has 2 aromatic rings. The molecule has 1 unspecified atom stereocenters. The topological polar surface area (TPSA) is 26.0 Å². The number of rotatable bonds is 2. The monoisotopic (exact) mass is 217 g/mol. The second-order valence-electron chi connectivity index (χ2n) is 3.71. The highest BCUT2D eigenvalue weighted by atomic mass is 32.2. The summed E-state index contributed by atoms with van der Waals surface area (Å²) in [5.74, 6) is 0. The smallest absolute Gasteiger partial charge is 0.0323 e. The van der Waals surface area contributed by atoms with Crippen molar-refractivity contribution < 1.29 is 0 Å². The Morgan fingerprint density at radius 3 is 2.67 bits per heavy atom. The van der Waals surface area contributed by atoms with Gasteiger partial charge in [-0.05, 0) is 41.6 Å². The Bertz CT molecular complexity index is 479. The van der Waals surface area contributed by atoms with Crippen LogP contribution in [0.5, 0.6) is 0 Å². The second kappa shape index (κ2) is 4.15. The third-order valence-electron chi connectivity index (χ3n) is 2.71. The van der Waals surface area contributed by atoms with Gasteiger partial charge in [-0.1, -0.05) is 24.3 Å². The highest BCUT2D eigenvalue weighted by molar-refractivity contribution is 7.98. The summed E-state index contributed by atoms with van der Waals surface area (Å²) in [6.45, 7) is 2.21. The summed E-state index contributed by atoms with van der Waals surface area (Å²) >= 11 is 1.85. The molecule has 2 aromatic carbocycles. The molecule has 0 saturated heterocycles. The highest BCUT2D eigenvalue weighted by Crippen LogP contribution is 2.33. The van der Waals surface area contributed by atoms with Gasteiger partial charge in [-0.3, -0.25) is 0 Å². The maximum absolute atomic E-state index is 5.91. The molecule has 0 bridgehead atoms. The minimum atomic E-state index is 0.485. The van der Waals surface area contributed by atoms with E-state index >= 15 is 0 Å². The summed E-state index contributed by atoms with van der Waals surface area (Å²) in [4.78, 5) is 0. The normalized spacial score (nSPS) is 12.9. The number of hydrogen-bond donors (Lipinski definition) is 1. The lowest BCUT2D eigenvalue weighted by molar-refractivity contribution is 1.12. The van der Waals surface area contributed by atoms with Crippen molar-refractivity contribution >= 4 is 28.2 Å². The Balaban J connectivity index is 2.71. The van der Waals surface area contributed by atoms with Crippen LogP contribution >= 0.6 is 11.8 Å². The molecule has 15 heavy (non-hydrogen) atoms. The van der Waals surface area contributed by atoms with Crippen LogP contribution in [0.4, 0.5) is 5.69 Å². The average molecular weight is 217 g/mol. The van der Waals surface area contributed by atoms with Crippen LogP contribution in [0.15, 0.2) is 36.4 Å². The van der Waals surface area contributed by atoms with Crippen molar-refractivity contribution in [2.45, 2.75) is 12.2 Å². The molecule has 2 heteroatoms. The fourth-order valence-corrected chi connectivity index (χ4v) is 2.28. The Labute approximate surface area is 94.7 Å². The first-order chi connectivity index (χ1) is 7.22. The zero-order valence-corrected chi connectivity index (χ0v) is 9.84. The number of nitrogens with two attached hydrogens (primary N) is 1. The molecule has 0 aliphatic rings. The summed E-state index contributed by atoms with van der Waals surface area (Å²) in [5, 5.41) is 3.03. The van der Waals surface area contributed by atoms with Crippen LogP contribution in [0.1, 0.15) is 17.7 Å². The van der Waals surface area contributed by atoms with Crippen LogP contribution in [0.2, 0.25) is 0 Å². The predicted octanol–water partition coefficient (Wildman–Crippen LogP) is 3.85. The summed E-state index contributed by atoms with van der Waals surface area (Å²) in [6, 6.07) is 12.5. The third kappa shape index (κ3) is 1.95. The van der Waals surface area contributed by atoms with Crippen molar-refractivity contribution in [2.75, 3.05) is 12.0 Å². The number of benzene rings is 2. The zero-order chi connectivity index (χ0) is 10.8. The maximum atomic E-state index is 5.91. The second-order valence-corrected chi connectivity index (χ2v) is 4.89. The van der Waals surface area contributed by atoms with E-state index in [9.17, 15) is 0 Å². The van der Waals surface area contributed by atoms with Crippen molar-refractivity contribution in [2.24, 2.45) is 0 Å². The number of anilines is 1. The molecule has 2 rings (SSSR count). The van der Waals surface area contributed by atoms with Gasteiger partial charge in [0.25, 0.3) is 0 Å². The molecule has 0 amide bonds. The van der Waals surface area contributed by atoms with Crippen molar-refractivity contribution in [3.63, 3.8) is 0 Å². The van der Waals surface area contributed by atoms with Crippen molar-refractivity contribution in [1.82, 2.24) is 0 Å². The SMILES string of the molecule is CSC(C)c1cc(N)cc2ccccc12. The summed E-state index contributed by atoms with van der Waals surface area (Å²) in [7, 11) is 0. The number of thioether (sulfide) groups is 1. The Morgan fingerprint density at radius 1 is 1.20 bits per heavy atom. The van der Waals surface area contributed by atoms with E-state index in [0.717, 1.165) is 5.69 Å². The van der Waals surface area contributed by atoms with E-state index in [2.05, 4.69) is 43.5 Å². The van der Waals surface area contributed by atoms with Crippen LogP contribution in [-0.2, 0) is 0 Å². The Kier molecular flexibility index (Phi) is 2.87. The average Bonchev–Trinajstić information content (AvgIpc) is 2.26. The van der Waals surface area contributed by atoms with E-state index in [-0.39, 0.29) is 0 Å². The molecular formula is C13H15NS. The molecule has 0 aliphatic carbocycles. The van der Waals surface area contributed by atoms with E-state index in [1.54, 1.807) is 0 Å². The predicted molar refractivity (Wildman–Crippen MR) is 70.3 cm³/mol. The fraction of sp³-hybridized carbons (Fsp3) is 0.231. The minimum Gasteiger partial charge on any atom is -0.399 e. The molecule has 0 spiro atoms. The molecule has 0 radical (unpaired) electrons. The van der Waals surface area contributed by atoms with E-state index < -0.39 is 0 Å². The van der Waals surface area contributed by atoms with Crippen LogP contribution in [-0.4, -0.2) is 6.26 Å². The maximum Gasteiger partial charge on any atom is 0.0323 e.